The van der Waals surface area contributed by atoms with Crippen LogP contribution in [-0.2, 0) is 9.53 Å². The molecule has 0 amide bonds. The highest BCUT2D eigenvalue weighted by molar-refractivity contribution is 9.10. The summed E-state index contributed by atoms with van der Waals surface area (Å²) in [5.74, 6) is 0.0357. The molecule has 1 aliphatic heterocycles. The van der Waals surface area contributed by atoms with Crippen molar-refractivity contribution in [1.82, 2.24) is 5.32 Å². The van der Waals surface area contributed by atoms with Gasteiger partial charge in [0.1, 0.15) is 5.54 Å². The van der Waals surface area contributed by atoms with E-state index in [0.717, 1.165) is 36.1 Å². The number of piperidine rings is 1. The predicted molar refractivity (Wildman–Crippen MR) is 83.8 cm³/mol. The molecule has 1 saturated heterocycles. The number of halogens is 1. The number of benzene rings is 1. The van der Waals surface area contributed by atoms with Crippen molar-refractivity contribution in [2.24, 2.45) is 5.92 Å². The number of hydrogen-bond acceptors (Lipinski definition) is 4. The van der Waals surface area contributed by atoms with E-state index in [-0.39, 0.29) is 11.9 Å². The second kappa shape index (κ2) is 6.59. The summed E-state index contributed by atoms with van der Waals surface area (Å²) in [7, 11) is 1.46. The standard InChI is InChI=1S/C15H21BrN2O2/c1-3-11-10-17-8-7-15(11,14(19)20-2)18-13-6-4-5-12(16)9-13/h4-6,9,11,17-18H,3,7-8,10H2,1-2H3. The monoisotopic (exact) mass is 340 g/mol. The molecule has 0 aliphatic carbocycles. The van der Waals surface area contributed by atoms with Crippen molar-refractivity contribution >= 4 is 27.6 Å². The predicted octanol–water partition coefficient (Wildman–Crippen LogP) is 2.79. The fraction of sp³-hybridized carbons (Fsp3) is 0.533. The summed E-state index contributed by atoms with van der Waals surface area (Å²) in [5.41, 5.74) is 0.292. The highest BCUT2D eigenvalue weighted by Gasteiger charge is 2.47. The molecule has 2 atom stereocenters. The molecule has 20 heavy (non-hydrogen) atoms. The van der Waals surface area contributed by atoms with Crippen LogP contribution in [0, 0.1) is 5.92 Å². The van der Waals surface area contributed by atoms with Crippen LogP contribution in [0.5, 0.6) is 0 Å². The number of anilines is 1. The van der Waals surface area contributed by atoms with Crippen LogP contribution in [0.2, 0.25) is 0 Å². The first-order valence-electron chi connectivity index (χ1n) is 6.95. The van der Waals surface area contributed by atoms with Gasteiger partial charge in [-0.3, -0.25) is 0 Å². The maximum Gasteiger partial charge on any atom is 0.331 e. The SMILES string of the molecule is CCC1CNCCC1(Nc1cccc(Br)c1)C(=O)OC. The zero-order valence-corrected chi connectivity index (χ0v) is 13.5. The molecule has 110 valence electrons. The molecular weight excluding hydrogens is 320 g/mol. The Morgan fingerprint density at radius 1 is 1.60 bits per heavy atom. The van der Waals surface area contributed by atoms with E-state index in [9.17, 15) is 4.79 Å². The Labute approximate surface area is 128 Å². The average molecular weight is 341 g/mol. The highest BCUT2D eigenvalue weighted by atomic mass is 79.9. The quantitative estimate of drug-likeness (QED) is 0.827. The Hall–Kier alpha value is -1.07. The summed E-state index contributed by atoms with van der Waals surface area (Å²) in [5, 5.41) is 6.80. The molecule has 4 nitrogen and oxygen atoms in total. The van der Waals surface area contributed by atoms with Crippen molar-refractivity contribution in [1.29, 1.82) is 0 Å². The van der Waals surface area contributed by atoms with Crippen LogP contribution in [0.25, 0.3) is 0 Å². The summed E-state index contributed by atoms with van der Waals surface area (Å²) in [6, 6.07) is 7.89. The van der Waals surface area contributed by atoms with Crippen molar-refractivity contribution < 1.29 is 9.53 Å². The summed E-state index contributed by atoms with van der Waals surface area (Å²) in [6.07, 6.45) is 1.65. The fourth-order valence-electron chi connectivity index (χ4n) is 2.92. The summed E-state index contributed by atoms with van der Waals surface area (Å²) >= 11 is 3.46. The van der Waals surface area contributed by atoms with Gasteiger partial charge in [0.25, 0.3) is 0 Å². The molecule has 1 aliphatic rings. The molecule has 1 fully saturated rings. The van der Waals surface area contributed by atoms with Gasteiger partial charge in [-0.25, -0.2) is 4.79 Å². The van der Waals surface area contributed by atoms with E-state index in [1.54, 1.807) is 0 Å². The number of methoxy groups -OCH3 is 1. The van der Waals surface area contributed by atoms with Gasteiger partial charge in [-0.15, -0.1) is 0 Å². The van der Waals surface area contributed by atoms with E-state index in [4.69, 9.17) is 4.74 Å². The van der Waals surface area contributed by atoms with Gasteiger partial charge in [0.2, 0.25) is 0 Å². The van der Waals surface area contributed by atoms with Gasteiger partial charge in [-0.05, 0) is 37.6 Å². The first-order chi connectivity index (χ1) is 9.62. The van der Waals surface area contributed by atoms with Gasteiger partial charge in [0, 0.05) is 22.6 Å². The Kier molecular flexibility index (Phi) is 5.05. The molecule has 2 unspecified atom stereocenters. The van der Waals surface area contributed by atoms with Gasteiger partial charge in [-0.2, -0.15) is 0 Å². The Morgan fingerprint density at radius 3 is 3.05 bits per heavy atom. The number of carbonyl (C=O) groups is 1. The average Bonchev–Trinajstić information content (AvgIpc) is 2.46. The van der Waals surface area contributed by atoms with Gasteiger partial charge in [0.05, 0.1) is 7.11 Å². The van der Waals surface area contributed by atoms with Crippen LogP contribution in [0.4, 0.5) is 5.69 Å². The van der Waals surface area contributed by atoms with E-state index >= 15 is 0 Å². The maximum atomic E-state index is 12.4. The van der Waals surface area contributed by atoms with Crippen molar-refractivity contribution in [3.63, 3.8) is 0 Å². The Bertz CT molecular complexity index is 481. The van der Waals surface area contributed by atoms with E-state index in [0.29, 0.717) is 0 Å². The number of carbonyl (C=O) groups excluding carboxylic acids is 1. The van der Waals surface area contributed by atoms with E-state index in [1.807, 2.05) is 24.3 Å². The normalized spacial score (nSPS) is 26.1. The highest BCUT2D eigenvalue weighted by Crippen LogP contribution is 2.33. The van der Waals surface area contributed by atoms with Crippen LogP contribution < -0.4 is 10.6 Å². The molecule has 0 radical (unpaired) electrons. The number of ether oxygens (including phenoxy) is 1. The van der Waals surface area contributed by atoms with Crippen LogP contribution in [0.15, 0.2) is 28.7 Å². The lowest BCUT2D eigenvalue weighted by molar-refractivity contribution is -0.149. The number of esters is 1. The molecule has 5 heteroatoms. The number of nitrogens with one attached hydrogen (secondary N) is 2. The second-order valence-electron chi connectivity index (χ2n) is 5.16. The van der Waals surface area contributed by atoms with Crippen LogP contribution in [0.1, 0.15) is 19.8 Å². The minimum Gasteiger partial charge on any atom is -0.467 e. The summed E-state index contributed by atoms with van der Waals surface area (Å²) < 4.78 is 6.08. The van der Waals surface area contributed by atoms with E-state index < -0.39 is 5.54 Å². The molecule has 2 rings (SSSR count). The number of hydrogen-bond donors (Lipinski definition) is 2. The summed E-state index contributed by atoms with van der Waals surface area (Å²) in [4.78, 5) is 12.4. The molecule has 0 aromatic heterocycles. The van der Waals surface area contributed by atoms with E-state index in [1.165, 1.54) is 7.11 Å². The first-order valence-corrected chi connectivity index (χ1v) is 7.74. The Balaban J connectivity index is 2.33. The molecule has 0 bridgehead atoms. The maximum absolute atomic E-state index is 12.4. The van der Waals surface area contributed by atoms with Crippen molar-refractivity contribution in [2.45, 2.75) is 25.3 Å². The van der Waals surface area contributed by atoms with Crippen molar-refractivity contribution in [3.05, 3.63) is 28.7 Å². The first kappa shape index (κ1) is 15.3. The molecular formula is C15H21BrN2O2. The van der Waals surface area contributed by atoms with Crippen LogP contribution >= 0.6 is 15.9 Å². The summed E-state index contributed by atoms with van der Waals surface area (Å²) in [6.45, 7) is 3.75. The van der Waals surface area contributed by atoms with Gasteiger partial charge in [-0.1, -0.05) is 28.9 Å². The largest absolute Gasteiger partial charge is 0.467 e. The third-order valence-electron chi connectivity index (χ3n) is 4.02. The third-order valence-corrected chi connectivity index (χ3v) is 4.51. The second-order valence-corrected chi connectivity index (χ2v) is 6.07. The lowest BCUT2D eigenvalue weighted by Crippen LogP contribution is -2.60. The van der Waals surface area contributed by atoms with Crippen molar-refractivity contribution in [2.75, 3.05) is 25.5 Å². The molecule has 1 heterocycles. The van der Waals surface area contributed by atoms with Gasteiger partial charge >= 0.3 is 5.97 Å². The van der Waals surface area contributed by atoms with E-state index in [2.05, 4.69) is 33.5 Å². The topological polar surface area (TPSA) is 50.4 Å². The third kappa shape index (κ3) is 2.99. The lowest BCUT2D eigenvalue weighted by atomic mass is 9.76. The molecule has 0 spiro atoms. The van der Waals surface area contributed by atoms with Gasteiger partial charge < -0.3 is 15.4 Å². The Morgan fingerprint density at radius 2 is 2.40 bits per heavy atom. The zero-order chi connectivity index (χ0) is 14.6. The molecule has 0 saturated carbocycles. The number of rotatable bonds is 4. The van der Waals surface area contributed by atoms with Crippen molar-refractivity contribution in [3.8, 4) is 0 Å². The minimum absolute atomic E-state index is 0.175. The van der Waals surface area contributed by atoms with Crippen LogP contribution in [0.3, 0.4) is 0 Å². The van der Waals surface area contributed by atoms with Gasteiger partial charge in [0.15, 0.2) is 0 Å². The zero-order valence-electron chi connectivity index (χ0n) is 11.9. The smallest absolute Gasteiger partial charge is 0.331 e. The van der Waals surface area contributed by atoms with Crippen LogP contribution in [-0.4, -0.2) is 31.7 Å². The molecule has 1 aromatic carbocycles. The minimum atomic E-state index is -0.643. The molecule has 2 N–H and O–H groups in total. The lowest BCUT2D eigenvalue weighted by Gasteiger charge is -2.43. The molecule has 1 aromatic rings. The fourth-order valence-corrected chi connectivity index (χ4v) is 3.32.